The summed E-state index contributed by atoms with van der Waals surface area (Å²) in [5, 5.41) is 4.23. The number of carbonyl (C=O) groups excluding carboxylic acids is 1. The normalized spacial score (nSPS) is 17.4. The molecule has 1 aliphatic rings. The van der Waals surface area contributed by atoms with Crippen LogP contribution in [0.15, 0.2) is 90.0 Å². The Morgan fingerprint density at radius 2 is 1.50 bits per heavy atom. The fraction of sp³-hybridized carbons (Fsp3) is 0.154. The first-order valence-electron chi connectivity index (χ1n) is 10.1. The topological polar surface area (TPSA) is 67.5 Å². The third-order valence-corrected chi connectivity index (χ3v) is 5.48. The molecule has 4 rings (SSSR count). The zero-order valence-electron chi connectivity index (χ0n) is 17.0. The molecule has 0 aliphatic heterocycles. The average Bonchev–Trinajstić information content (AvgIpc) is 2.79. The Labute approximate surface area is 177 Å². The van der Waals surface area contributed by atoms with Crippen molar-refractivity contribution in [3.05, 3.63) is 102 Å². The standard InChI is InChI=1S/C26H25N3O/c1-18-7-9-21(10-8-18)23-15-24(17-25(16-23)28-29-26(27)30)22-13-11-20(12-14-22)19-5-3-2-4-6-19/h2-14,17,23H,15-16H2,1H3,(H3,27,29,30)/b28-25+. The maximum absolute atomic E-state index is 11.1. The van der Waals surface area contributed by atoms with Crippen molar-refractivity contribution < 1.29 is 4.79 Å². The largest absolute Gasteiger partial charge is 0.350 e. The third-order valence-electron chi connectivity index (χ3n) is 5.48. The lowest BCUT2D eigenvalue weighted by Gasteiger charge is -2.25. The monoisotopic (exact) mass is 395 g/mol. The minimum absolute atomic E-state index is 0.299. The number of hydrogen-bond acceptors (Lipinski definition) is 2. The molecule has 0 fully saturated rings. The zero-order chi connectivity index (χ0) is 20.9. The second-order valence-electron chi connectivity index (χ2n) is 7.71. The molecule has 4 heteroatoms. The molecular weight excluding hydrogens is 370 g/mol. The lowest BCUT2D eigenvalue weighted by molar-refractivity contribution is 0.249. The SMILES string of the molecule is Cc1ccc(C2CC(c3ccc(-c4ccccc4)cc3)=C/C(=N/NC(N)=O)C2)cc1. The second-order valence-corrected chi connectivity index (χ2v) is 7.71. The molecule has 30 heavy (non-hydrogen) atoms. The first-order valence-corrected chi connectivity index (χ1v) is 10.1. The van der Waals surface area contributed by atoms with E-state index in [4.69, 9.17) is 5.73 Å². The molecule has 0 bridgehead atoms. The highest BCUT2D eigenvalue weighted by atomic mass is 16.2. The van der Waals surface area contributed by atoms with Crippen molar-refractivity contribution in [2.45, 2.75) is 25.7 Å². The van der Waals surface area contributed by atoms with E-state index < -0.39 is 6.03 Å². The van der Waals surface area contributed by atoms with E-state index in [-0.39, 0.29) is 0 Å². The summed E-state index contributed by atoms with van der Waals surface area (Å²) in [4.78, 5) is 11.1. The van der Waals surface area contributed by atoms with Crippen LogP contribution in [0.25, 0.3) is 16.7 Å². The van der Waals surface area contributed by atoms with E-state index in [0.29, 0.717) is 5.92 Å². The predicted octanol–water partition coefficient (Wildman–Crippen LogP) is 5.65. The maximum Gasteiger partial charge on any atom is 0.332 e. The molecule has 0 heterocycles. The number of nitrogens with two attached hydrogens (primary N) is 1. The number of amides is 2. The van der Waals surface area contributed by atoms with Crippen LogP contribution >= 0.6 is 0 Å². The summed E-state index contributed by atoms with van der Waals surface area (Å²) in [5.74, 6) is 0.299. The fourth-order valence-electron chi connectivity index (χ4n) is 3.90. The Hall–Kier alpha value is -3.66. The Morgan fingerprint density at radius 3 is 2.17 bits per heavy atom. The number of rotatable bonds is 4. The lowest BCUT2D eigenvalue weighted by atomic mass is 9.80. The molecule has 3 N–H and O–H groups in total. The highest BCUT2D eigenvalue weighted by Crippen LogP contribution is 2.37. The Balaban J connectivity index is 1.64. The van der Waals surface area contributed by atoms with Gasteiger partial charge in [0.25, 0.3) is 0 Å². The Bertz CT molecular complexity index is 1080. The van der Waals surface area contributed by atoms with Crippen molar-refractivity contribution in [2.75, 3.05) is 0 Å². The van der Waals surface area contributed by atoms with Crippen molar-refractivity contribution in [3.63, 3.8) is 0 Å². The van der Waals surface area contributed by atoms with E-state index in [2.05, 4.69) is 84.2 Å². The number of primary amides is 1. The minimum Gasteiger partial charge on any atom is -0.350 e. The molecule has 0 radical (unpaired) electrons. The Kier molecular flexibility index (Phi) is 5.75. The molecule has 1 atom stereocenters. The van der Waals surface area contributed by atoms with Crippen LogP contribution in [0.5, 0.6) is 0 Å². The highest BCUT2D eigenvalue weighted by Gasteiger charge is 2.22. The zero-order valence-corrected chi connectivity index (χ0v) is 17.0. The summed E-state index contributed by atoms with van der Waals surface area (Å²) in [6, 6.07) is 27.0. The van der Waals surface area contributed by atoms with Crippen molar-refractivity contribution >= 4 is 17.3 Å². The van der Waals surface area contributed by atoms with Gasteiger partial charge in [0.1, 0.15) is 0 Å². The summed E-state index contributed by atoms with van der Waals surface area (Å²) in [6.45, 7) is 2.09. The number of nitrogens with zero attached hydrogens (tertiary/aromatic N) is 1. The number of nitrogens with one attached hydrogen (secondary N) is 1. The van der Waals surface area contributed by atoms with Gasteiger partial charge in [-0.2, -0.15) is 5.10 Å². The summed E-state index contributed by atoms with van der Waals surface area (Å²) in [5.41, 5.74) is 15.7. The van der Waals surface area contributed by atoms with Crippen LogP contribution in [0.3, 0.4) is 0 Å². The van der Waals surface area contributed by atoms with E-state index in [1.165, 1.54) is 33.4 Å². The number of hydrazone groups is 1. The Morgan fingerprint density at radius 1 is 0.867 bits per heavy atom. The number of benzene rings is 3. The molecule has 0 saturated heterocycles. The van der Waals surface area contributed by atoms with Gasteiger partial charge in [0.15, 0.2) is 0 Å². The van der Waals surface area contributed by atoms with Gasteiger partial charge < -0.3 is 5.73 Å². The summed E-state index contributed by atoms with van der Waals surface area (Å²) in [7, 11) is 0. The van der Waals surface area contributed by atoms with Gasteiger partial charge in [-0.05, 0) is 59.6 Å². The average molecular weight is 396 g/mol. The molecule has 2 amide bonds. The van der Waals surface area contributed by atoms with Gasteiger partial charge in [0, 0.05) is 0 Å². The first kappa shape index (κ1) is 19.6. The number of allylic oxidation sites excluding steroid dienone is 2. The van der Waals surface area contributed by atoms with Gasteiger partial charge in [-0.1, -0.05) is 84.4 Å². The van der Waals surface area contributed by atoms with Crippen LogP contribution in [0.2, 0.25) is 0 Å². The summed E-state index contributed by atoms with van der Waals surface area (Å²) < 4.78 is 0. The molecule has 3 aromatic carbocycles. The highest BCUT2D eigenvalue weighted by molar-refractivity contribution is 6.03. The number of aryl methyl sites for hydroxylation is 1. The lowest BCUT2D eigenvalue weighted by Crippen LogP contribution is -2.26. The van der Waals surface area contributed by atoms with Crippen LogP contribution < -0.4 is 11.2 Å². The van der Waals surface area contributed by atoms with Gasteiger partial charge in [-0.3, -0.25) is 0 Å². The van der Waals surface area contributed by atoms with Crippen molar-refractivity contribution in [1.29, 1.82) is 0 Å². The predicted molar refractivity (Wildman–Crippen MR) is 123 cm³/mol. The molecule has 0 saturated carbocycles. The van der Waals surface area contributed by atoms with Crippen molar-refractivity contribution in [3.8, 4) is 11.1 Å². The van der Waals surface area contributed by atoms with E-state index in [0.717, 1.165) is 18.6 Å². The van der Waals surface area contributed by atoms with Crippen molar-refractivity contribution in [1.82, 2.24) is 5.43 Å². The van der Waals surface area contributed by atoms with Gasteiger partial charge in [0.2, 0.25) is 0 Å². The molecule has 4 nitrogen and oxygen atoms in total. The minimum atomic E-state index is -0.651. The second kappa shape index (κ2) is 8.78. The van der Waals surface area contributed by atoms with E-state index in [1.807, 2.05) is 18.2 Å². The summed E-state index contributed by atoms with van der Waals surface area (Å²) >= 11 is 0. The number of carbonyl (C=O) groups is 1. The number of hydrogen-bond donors (Lipinski definition) is 2. The first-order chi connectivity index (χ1) is 14.6. The smallest absolute Gasteiger partial charge is 0.332 e. The maximum atomic E-state index is 11.1. The van der Waals surface area contributed by atoms with Gasteiger partial charge in [0.05, 0.1) is 5.71 Å². The van der Waals surface area contributed by atoms with Crippen LogP contribution in [-0.4, -0.2) is 11.7 Å². The van der Waals surface area contributed by atoms with E-state index in [9.17, 15) is 4.79 Å². The van der Waals surface area contributed by atoms with E-state index >= 15 is 0 Å². The van der Waals surface area contributed by atoms with E-state index in [1.54, 1.807) is 0 Å². The van der Waals surface area contributed by atoms with Gasteiger partial charge in [-0.25, -0.2) is 10.2 Å². The van der Waals surface area contributed by atoms with Crippen LogP contribution in [0.4, 0.5) is 4.79 Å². The molecule has 0 spiro atoms. The molecule has 150 valence electrons. The van der Waals surface area contributed by atoms with Crippen LogP contribution in [0, 0.1) is 6.92 Å². The quantitative estimate of drug-likeness (QED) is 0.551. The third kappa shape index (κ3) is 4.66. The summed E-state index contributed by atoms with van der Waals surface area (Å²) in [6.07, 6.45) is 3.75. The molecule has 0 aromatic heterocycles. The molecule has 3 aromatic rings. The van der Waals surface area contributed by atoms with Crippen molar-refractivity contribution in [2.24, 2.45) is 10.8 Å². The van der Waals surface area contributed by atoms with Gasteiger partial charge >= 0.3 is 6.03 Å². The van der Waals surface area contributed by atoms with Crippen LogP contribution in [-0.2, 0) is 0 Å². The van der Waals surface area contributed by atoms with Gasteiger partial charge in [-0.15, -0.1) is 0 Å². The molecule has 1 aliphatic carbocycles. The fourth-order valence-corrected chi connectivity index (χ4v) is 3.90. The molecule has 1 unspecified atom stereocenters. The van der Waals surface area contributed by atoms with Crippen LogP contribution in [0.1, 0.15) is 35.4 Å². The number of urea groups is 1. The molecular formula is C26H25N3O.